The van der Waals surface area contributed by atoms with E-state index >= 15 is 0 Å². The highest BCUT2D eigenvalue weighted by molar-refractivity contribution is 7.15. The van der Waals surface area contributed by atoms with Crippen molar-refractivity contribution >= 4 is 23.5 Å². The van der Waals surface area contributed by atoms with Crippen molar-refractivity contribution in [1.29, 1.82) is 0 Å². The molecule has 0 aliphatic carbocycles. The molecule has 0 spiro atoms. The van der Waals surface area contributed by atoms with E-state index in [0.29, 0.717) is 16.3 Å². The first kappa shape index (κ1) is 9.92. The van der Waals surface area contributed by atoms with Crippen molar-refractivity contribution in [1.82, 2.24) is 5.32 Å². The molecule has 0 saturated heterocycles. The maximum absolute atomic E-state index is 11.3. The van der Waals surface area contributed by atoms with Gasteiger partial charge in [-0.3, -0.25) is 9.59 Å². The Morgan fingerprint density at radius 2 is 2.38 bits per heavy atom. The smallest absolute Gasteiger partial charge is 0.261 e. The summed E-state index contributed by atoms with van der Waals surface area (Å²) in [4.78, 5) is 23.0. The molecule has 0 unspecified atom stereocenters. The van der Waals surface area contributed by atoms with E-state index in [1.807, 2.05) is 13.8 Å². The number of aldehydes is 1. The van der Waals surface area contributed by atoms with Gasteiger partial charge in [0.05, 0.1) is 9.75 Å². The van der Waals surface area contributed by atoms with Gasteiger partial charge in [-0.25, -0.2) is 0 Å². The summed E-state index contributed by atoms with van der Waals surface area (Å²) in [5, 5.41) is 2.68. The van der Waals surface area contributed by atoms with Crippen LogP contribution in [0, 0.1) is 6.92 Å². The molecule has 1 aromatic heterocycles. The number of amides is 1. The number of rotatable bonds is 3. The molecule has 70 valence electrons. The van der Waals surface area contributed by atoms with Gasteiger partial charge in [-0.05, 0) is 25.5 Å². The number of thiophene rings is 1. The summed E-state index contributed by atoms with van der Waals surface area (Å²) in [6.07, 6.45) is 0.780. The third kappa shape index (κ3) is 2.15. The summed E-state index contributed by atoms with van der Waals surface area (Å²) < 4.78 is 0. The summed E-state index contributed by atoms with van der Waals surface area (Å²) in [7, 11) is 0. The van der Waals surface area contributed by atoms with Crippen LogP contribution in [-0.4, -0.2) is 18.7 Å². The van der Waals surface area contributed by atoms with E-state index < -0.39 is 0 Å². The number of carbonyl (C=O) groups is 2. The standard InChI is InChI=1S/C9H11NO2S/c1-3-10-9(12)7-4-6(2)8(5-11)13-7/h4-5H,3H2,1-2H3,(H,10,12). The monoisotopic (exact) mass is 197 g/mol. The lowest BCUT2D eigenvalue weighted by Crippen LogP contribution is -2.21. The van der Waals surface area contributed by atoms with Crippen LogP contribution in [0.3, 0.4) is 0 Å². The van der Waals surface area contributed by atoms with Gasteiger partial charge in [-0.15, -0.1) is 11.3 Å². The van der Waals surface area contributed by atoms with E-state index in [1.54, 1.807) is 6.07 Å². The third-order valence-corrected chi connectivity index (χ3v) is 2.79. The minimum atomic E-state index is -0.108. The molecule has 1 rings (SSSR count). The van der Waals surface area contributed by atoms with Gasteiger partial charge in [-0.1, -0.05) is 0 Å². The van der Waals surface area contributed by atoms with Gasteiger partial charge in [0.15, 0.2) is 6.29 Å². The van der Waals surface area contributed by atoms with Crippen LogP contribution in [0.4, 0.5) is 0 Å². The lowest BCUT2D eigenvalue weighted by molar-refractivity contribution is 0.0959. The van der Waals surface area contributed by atoms with E-state index in [9.17, 15) is 9.59 Å². The van der Waals surface area contributed by atoms with Gasteiger partial charge in [0, 0.05) is 6.54 Å². The van der Waals surface area contributed by atoms with Crippen molar-refractivity contribution in [2.75, 3.05) is 6.54 Å². The highest BCUT2D eigenvalue weighted by atomic mass is 32.1. The molecule has 0 aromatic carbocycles. The maximum atomic E-state index is 11.3. The Kier molecular flexibility index (Phi) is 3.19. The number of carbonyl (C=O) groups excluding carboxylic acids is 2. The van der Waals surface area contributed by atoms with Crippen LogP contribution in [0.2, 0.25) is 0 Å². The molecular weight excluding hydrogens is 186 g/mol. The summed E-state index contributed by atoms with van der Waals surface area (Å²) in [5.41, 5.74) is 0.862. The van der Waals surface area contributed by atoms with E-state index in [-0.39, 0.29) is 5.91 Å². The second-order valence-electron chi connectivity index (χ2n) is 2.64. The highest BCUT2D eigenvalue weighted by Crippen LogP contribution is 2.19. The fourth-order valence-corrected chi connectivity index (χ4v) is 1.88. The zero-order valence-electron chi connectivity index (χ0n) is 7.59. The molecule has 1 amide bonds. The highest BCUT2D eigenvalue weighted by Gasteiger charge is 2.10. The Bertz CT molecular complexity index is 330. The van der Waals surface area contributed by atoms with Crippen molar-refractivity contribution < 1.29 is 9.59 Å². The minimum absolute atomic E-state index is 0.108. The second kappa shape index (κ2) is 4.18. The quantitative estimate of drug-likeness (QED) is 0.748. The van der Waals surface area contributed by atoms with E-state index in [1.165, 1.54) is 11.3 Å². The topological polar surface area (TPSA) is 46.2 Å². The van der Waals surface area contributed by atoms with Crippen LogP contribution < -0.4 is 5.32 Å². The van der Waals surface area contributed by atoms with Crippen LogP contribution in [0.1, 0.15) is 31.8 Å². The Morgan fingerprint density at radius 1 is 1.69 bits per heavy atom. The van der Waals surface area contributed by atoms with Gasteiger partial charge >= 0.3 is 0 Å². The number of hydrogen-bond donors (Lipinski definition) is 1. The van der Waals surface area contributed by atoms with Gasteiger partial charge in [0.2, 0.25) is 0 Å². The zero-order valence-corrected chi connectivity index (χ0v) is 8.40. The molecule has 1 aromatic rings. The summed E-state index contributed by atoms with van der Waals surface area (Å²) in [5.74, 6) is -0.108. The van der Waals surface area contributed by atoms with E-state index in [0.717, 1.165) is 11.8 Å². The Labute approximate surface area is 80.8 Å². The van der Waals surface area contributed by atoms with Gasteiger partial charge in [0.1, 0.15) is 0 Å². The Balaban J connectivity index is 2.90. The minimum Gasteiger partial charge on any atom is -0.352 e. The lowest BCUT2D eigenvalue weighted by Gasteiger charge is -1.96. The molecule has 13 heavy (non-hydrogen) atoms. The van der Waals surface area contributed by atoms with E-state index in [2.05, 4.69) is 5.32 Å². The molecule has 0 aliphatic heterocycles. The van der Waals surface area contributed by atoms with Gasteiger partial charge in [0.25, 0.3) is 5.91 Å². The maximum Gasteiger partial charge on any atom is 0.261 e. The molecule has 3 nitrogen and oxygen atoms in total. The SMILES string of the molecule is CCNC(=O)c1cc(C)c(C=O)s1. The van der Waals surface area contributed by atoms with Crippen molar-refractivity contribution in [2.45, 2.75) is 13.8 Å². The summed E-state index contributed by atoms with van der Waals surface area (Å²) >= 11 is 1.23. The first-order chi connectivity index (χ1) is 6.19. The van der Waals surface area contributed by atoms with Crippen LogP contribution in [-0.2, 0) is 0 Å². The van der Waals surface area contributed by atoms with Crippen LogP contribution in [0.15, 0.2) is 6.07 Å². The van der Waals surface area contributed by atoms with Gasteiger partial charge < -0.3 is 5.32 Å². The number of nitrogens with one attached hydrogen (secondary N) is 1. The Hall–Kier alpha value is -1.16. The molecule has 4 heteroatoms. The average molecular weight is 197 g/mol. The summed E-state index contributed by atoms with van der Waals surface area (Å²) in [6, 6.07) is 1.74. The Morgan fingerprint density at radius 3 is 2.85 bits per heavy atom. The normalized spacial score (nSPS) is 9.69. The predicted octanol–water partition coefficient (Wildman–Crippen LogP) is 1.62. The molecule has 0 bridgehead atoms. The molecule has 0 radical (unpaired) electrons. The van der Waals surface area contributed by atoms with Crippen LogP contribution in [0.25, 0.3) is 0 Å². The molecule has 1 N–H and O–H groups in total. The van der Waals surface area contributed by atoms with Crippen molar-refractivity contribution in [3.8, 4) is 0 Å². The lowest BCUT2D eigenvalue weighted by atomic mass is 10.3. The van der Waals surface area contributed by atoms with Crippen molar-refractivity contribution in [3.05, 3.63) is 21.4 Å². The van der Waals surface area contributed by atoms with Crippen LogP contribution >= 0.6 is 11.3 Å². The predicted molar refractivity (Wildman–Crippen MR) is 52.5 cm³/mol. The first-order valence-electron chi connectivity index (χ1n) is 4.02. The first-order valence-corrected chi connectivity index (χ1v) is 4.84. The number of aryl methyl sites for hydroxylation is 1. The molecule has 1 heterocycles. The van der Waals surface area contributed by atoms with Crippen molar-refractivity contribution in [2.24, 2.45) is 0 Å². The second-order valence-corrected chi connectivity index (χ2v) is 3.72. The van der Waals surface area contributed by atoms with E-state index in [4.69, 9.17) is 0 Å². The fourth-order valence-electron chi connectivity index (χ4n) is 0.973. The third-order valence-electron chi connectivity index (χ3n) is 1.62. The molecule has 0 aliphatic rings. The summed E-state index contributed by atoms with van der Waals surface area (Å²) in [6.45, 7) is 4.29. The van der Waals surface area contributed by atoms with Gasteiger partial charge in [-0.2, -0.15) is 0 Å². The van der Waals surface area contributed by atoms with Crippen LogP contribution in [0.5, 0.6) is 0 Å². The zero-order chi connectivity index (χ0) is 9.84. The molecular formula is C9H11NO2S. The average Bonchev–Trinajstić information content (AvgIpc) is 2.47. The fraction of sp³-hybridized carbons (Fsp3) is 0.333. The molecule has 0 fully saturated rings. The van der Waals surface area contributed by atoms with Crippen molar-refractivity contribution in [3.63, 3.8) is 0 Å². The molecule has 0 saturated carbocycles. The largest absolute Gasteiger partial charge is 0.352 e. The number of hydrogen-bond acceptors (Lipinski definition) is 3. The molecule has 0 atom stereocenters.